The molecular weight excluding hydrogens is 970 g/mol. The highest BCUT2D eigenvalue weighted by molar-refractivity contribution is 6.40. The zero-order valence-electron chi connectivity index (χ0n) is 40.8. The molecule has 2 aromatic heterocycles. The van der Waals surface area contributed by atoms with Crippen molar-refractivity contribution in [3.8, 4) is 17.6 Å². The summed E-state index contributed by atoms with van der Waals surface area (Å²) in [7, 11) is 0. The molecule has 0 saturated carbocycles. The number of hydrogen-bond donors (Lipinski definition) is 1. The number of benzene rings is 4. The van der Waals surface area contributed by atoms with Crippen LogP contribution < -0.4 is 15.2 Å². The first-order valence-electron chi connectivity index (χ1n) is 23.5. The van der Waals surface area contributed by atoms with Gasteiger partial charge in [0, 0.05) is 22.3 Å². The summed E-state index contributed by atoms with van der Waals surface area (Å²) in [5.41, 5.74) is 9.48. The average Bonchev–Trinajstić information content (AvgIpc) is 3.93. The van der Waals surface area contributed by atoms with Crippen molar-refractivity contribution in [3.63, 3.8) is 0 Å². The maximum Gasteiger partial charge on any atom is 0.437 e. The lowest BCUT2D eigenvalue weighted by molar-refractivity contribution is -0.142. The molecule has 2 N–H and O–H groups in total. The Balaban J connectivity index is 0.000000351. The molecule has 0 saturated heterocycles. The normalized spacial score (nSPS) is 12.4. The van der Waals surface area contributed by atoms with Crippen molar-refractivity contribution in [2.24, 2.45) is 17.6 Å². The molecule has 0 spiro atoms. The number of halogens is 8. The molecular formula is C54H66Cl2F6N4O5. The maximum atomic E-state index is 13.5. The van der Waals surface area contributed by atoms with Gasteiger partial charge in [0.15, 0.2) is 22.6 Å². The molecule has 0 bridgehead atoms. The molecule has 6 rings (SSSR count). The first kappa shape index (κ1) is 59.8. The minimum atomic E-state index is -4.64. The molecule has 9 nitrogen and oxygen atoms in total. The standard InChI is InChI=1S/C26H31F3N2O3.C26H29F3N2O2.CH2Cl2.CH4/c1-5-7-18-14-20-23(34-31-24(20)26(27,28)29)19(8-6-2)21(18)33-22(25(30)32)17-11-9-16(10-12-17)13-15(3)4;1-5-7-19-14-21-24(33-31-25(21)26(27,28)29)20(8-6-2)23(19)32-22(15-30)18-11-9-17(10-12-18)13-16(3)4;2-1-3;/h9-12,14-15,22H,5-8,13H2,1-4H3,(H2,30,32);9-12,14,16,22H,5-8,13H2,1-4H3;1H2;1H4. The van der Waals surface area contributed by atoms with Gasteiger partial charge in [0.2, 0.25) is 12.2 Å². The minimum Gasteiger partial charge on any atom is -0.475 e. The van der Waals surface area contributed by atoms with Crippen LogP contribution in [0.5, 0.6) is 11.5 Å². The SMILES string of the molecule is C.CCCc1cc2c(C(F)(F)F)noc2c(CCC)c1OC(C#N)c1ccc(CC(C)C)cc1.CCCc1cc2c(C(F)(F)F)noc2c(CCC)c1OC(C(N)=O)c1ccc(CC(C)C)cc1.ClCCl. The zero-order valence-corrected chi connectivity index (χ0v) is 42.4. The van der Waals surface area contributed by atoms with Crippen LogP contribution in [0.2, 0.25) is 0 Å². The van der Waals surface area contributed by atoms with Gasteiger partial charge < -0.3 is 24.3 Å². The lowest BCUT2D eigenvalue weighted by atomic mass is 9.97. The number of nitrogens with two attached hydrogens (primary N) is 1. The van der Waals surface area contributed by atoms with Crippen molar-refractivity contribution in [3.05, 3.63) is 117 Å². The topological polar surface area (TPSA) is 137 Å². The fraction of sp³-hybridized carbons (Fsp3) is 0.481. The molecule has 0 aliphatic heterocycles. The Morgan fingerprint density at radius 2 is 1.03 bits per heavy atom. The number of hydrogen-bond acceptors (Lipinski definition) is 8. The Morgan fingerprint density at radius 1 is 0.662 bits per heavy atom. The number of amides is 1. The Morgan fingerprint density at radius 3 is 1.35 bits per heavy atom. The number of carbonyl (C=O) groups is 1. The van der Waals surface area contributed by atoms with Crippen LogP contribution in [0.3, 0.4) is 0 Å². The van der Waals surface area contributed by atoms with E-state index in [1.54, 1.807) is 12.1 Å². The summed E-state index contributed by atoms with van der Waals surface area (Å²) in [5, 5.41) is 16.5. The van der Waals surface area contributed by atoms with Crippen LogP contribution >= 0.6 is 23.2 Å². The lowest BCUT2D eigenvalue weighted by Gasteiger charge is -2.22. The van der Waals surface area contributed by atoms with Crippen LogP contribution in [0.4, 0.5) is 26.3 Å². The Hall–Kier alpha value is -5.46. The first-order chi connectivity index (χ1) is 33.2. The van der Waals surface area contributed by atoms with E-state index in [1.807, 2.05) is 64.1 Å². The number of aryl methyl sites for hydroxylation is 4. The van der Waals surface area contributed by atoms with Crippen LogP contribution in [0.25, 0.3) is 21.9 Å². The molecule has 2 unspecified atom stereocenters. The molecule has 0 aliphatic carbocycles. The van der Waals surface area contributed by atoms with Crippen molar-refractivity contribution in [1.29, 1.82) is 5.26 Å². The number of fused-ring (bicyclic) bond motifs is 2. The predicted molar refractivity (Wildman–Crippen MR) is 269 cm³/mol. The monoisotopic (exact) mass is 1030 g/mol. The highest BCUT2D eigenvalue weighted by Gasteiger charge is 2.40. The molecule has 2 heterocycles. The summed E-state index contributed by atoms with van der Waals surface area (Å²) in [5.74, 6) is 1.08. The third-order valence-electron chi connectivity index (χ3n) is 11.0. The van der Waals surface area contributed by atoms with E-state index in [4.69, 9.17) is 47.5 Å². The first-order valence-corrected chi connectivity index (χ1v) is 24.6. The van der Waals surface area contributed by atoms with Gasteiger partial charge in [-0.1, -0.05) is 147 Å². The molecule has 0 radical (unpaired) electrons. The molecule has 0 fully saturated rings. The second-order valence-electron chi connectivity index (χ2n) is 17.8. The Labute approximate surface area is 423 Å². The third kappa shape index (κ3) is 15.8. The van der Waals surface area contributed by atoms with Gasteiger partial charge in [0.05, 0.1) is 16.1 Å². The van der Waals surface area contributed by atoms with E-state index < -0.39 is 41.9 Å². The molecule has 1 amide bonds. The zero-order chi connectivity index (χ0) is 51.9. The fourth-order valence-corrected chi connectivity index (χ4v) is 8.23. The lowest BCUT2D eigenvalue weighted by Crippen LogP contribution is -2.27. The van der Waals surface area contributed by atoms with Gasteiger partial charge in [-0.2, -0.15) is 31.6 Å². The molecule has 2 atom stereocenters. The number of alkyl halides is 8. The van der Waals surface area contributed by atoms with Gasteiger partial charge in [0.25, 0.3) is 5.91 Å². The largest absolute Gasteiger partial charge is 0.475 e. The molecule has 4 aromatic carbocycles. The van der Waals surface area contributed by atoms with E-state index in [0.717, 1.165) is 18.4 Å². The molecule has 6 aromatic rings. The van der Waals surface area contributed by atoms with Crippen LogP contribution in [-0.4, -0.2) is 21.6 Å². The number of primary amides is 1. The van der Waals surface area contributed by atoms with Crippen molar-refractivity contribution >= 4 is 51.0 Å². The van der Waals surface area contributed by atoms with E-state index in [9.17, 15) is 36.4 Å². The fourth-order valence-electron chi connectivity index (χ4n) is 8.23. The minimum absolute atomic E-state index is 0. The van der Waals surface area contributed by atoms with Crippen molar-refractivity contribution in [1.82, 2.24) is 10.3 Å². The van der Waals surface area contributed by atoms with Gasteiger partial charge in [-0.3, -0.25) is 4.79 Å². The van der Waals surface area contributed by atoms with Crippen LogP contribution in [-0.2, 0) is 55.7 Å². The highest BCUT2D eigenvalue weighted by Crippen LogP contribution is 2.44. The summed E-state index contributed by atoms with van der Waals surface area (Å²) in [6, 6.07) is 20.3. The average molecular weight is 1040 g/mol. The number of ether oxygens (including phenoxy) is 2. The molecule has 388 valence electrons. The number of rotatable bonds is 19. The van der Waals surface area contributed by atoms with E-state index >= 15 is 0 Å². The highest BCUT2D eigenvalue weighted by atomic mass is 35.5. The predicted octanol–water partition coefficient (Wildman–Crippen LogP) is 16.2. The Kier molecular flexibility index (Phi) is 23.1. The van der Waals surface area contributed by atoms with E-state index in [1.165, 1.54) is 17.7 Å². The second-order valence-corrected chi connectivity index (χ2v) is 18.6. The summed E-state index contributed by atoms with van der Waals surface area (Å²) in [4.78, 5) is 12.4. The van der Waals surface area contributed by atoms with Gasteiger partial charge >= 0.3 is 12.4 Å². The van der Waals surface area contributed by atoms with Gasteiger partial charge in [-0.25, -0.2) is 0 Å². The van der Waals surface area contributed by atoms with Crippen LogP contribution in [0.1, 0.15) is 157 Å². The smallest absolute Gasteiger partial charge is 0.437 e. The summed E-state index contributed by atoms with van der Waals surface area (Å²) >= 11 is 9.53. The summed E-state index contributed by atoms with van der Waals surface area (Å²) < 4.78 is 104. The third-order valence-corrected chi connectivity index (χ3v) is 11.0. The van der Waals surface area contributed by atoms with Crippen molar-refractivity contribution in [2.45, 2.75) is 152 Å². The number of nitrogens with zero attached hydrogens (tertiary/aromatic N) is 3. The number of nitriles is 1. The van der Waals surface area contributed by atoms with Crippen molar-refractivity contribution in [2.75, 3.05) is 5.34 Å². The van der Waals surface area contributed by atoms with Gasteiger partial charge in [-0.15, -0.1) is 23.2 Å². The summed E-state index contributed by atoms with van der Waals surface area (Å²) in [6.45, 7) is 16.2. The molecule has 17 heteroatoms. The van der Waals surface area contributed by atoms with E-state index in [2.05, 4.69) is 44.1 Å². The molecule has 0 aliphatic rings. The molecule has 71 heavy (non-hydrogen) atoms. The maximum absolute atomic E-state index is 13.5. The quantitative estimate of drug-likeness (QED) is 0.0625. The number of carbonyl (C=O) groups excluding carboxylic acids is 1. The Bertz CT molecular complexity index is 2660. The van der Waals surface area contributed by atoms with Gasteiger partial charge in [0.1, 0.15) is 17.6 Å². The van der Waals surface area contributed by atoms with E-state index in [-0.39, 0.29) is 34.7 Å². The second kappa shape index (κ2) is 27.4. The van der Waals surface area contributed by atoms with E-state index in [0.29, 0.717) is 108 Å². The van der Waals surface area contributed by atoms with Crippen LogP contribution in [0, 0.1) is 23.2 Å². The van der Waals surface area contributed by atoms with Crippen molar-refractivity contribution < 1.29 is 49.7 Å². The van der Waals surface area contributed by atoms with Gasteiger partial charge in [-0.05, 0) is 84.7 Å². The van der Waals surface area contributed by atoms with Crippen LogP contribution in [0.15, 0.2) is 69.7 Å². The number of aromatic nitrogens is 2. The summed E-state index contributed by atoms with van der Waals surface area (Å²) in [6.07, 6.45) is -4.92.